The van der Waals surface area contributed by atoms with E-state index in [4.69, 9.17) is 30.5 Å². The fourth-order valence-corrected chi connectivity index (χ4v) is 3.26. The number of rotatable bonds is 12. The Morgan fingerprint density at radius 1 is 1.00 bits per heavy atom. The second-order valence-corrected chi connectivity index (χ2v) is 7.59. The van der Waals surface area contributed by atoms with Crippen molar-refractivity contribution in [3.8, 4) is 23.0 Å². The summed E-state index contributed by atoms with van der Waals surface area (Å²) in [6.07, 6.45) is 3.15. The van der Waals surface area contributed by atoms with E-state index in [2.05, 4.69) is 17.1 Å². The molecule has 0 saturated carbocycles. The van der Waals surface area contributed by atoms with Crippen LogP contribution in [0.5, 0.6) is 23.0 Å². The van der Waals surface area contributed by atoms with Gasteiger partial charge in [-0.1, -0.05) is 42.5 Å². The van der Waals surface area contributed by atoms with E-state index in [0.717, 1.165) is 11.1 Å². The zero-order valence-corrected chi connectivity index (χ0v) is 20.4. The molecule has 3 rings (SSSR count). The third-order valence-electron chi connectivity index (χ3n) is 4.77. The Morgan fingerprint density at radius 3 is 2.51 bits per heavy atom. The molecule has 0 aliphatic carbocycles. The molecule has 0 bridgehead atoms. The van der Waals surface area contributed by atoms with Gasteiger partial charge in [0.05, 0.1) is 19.9 Å². The van der Waals surface area contributed by atoms with Gasteiger partial charge in [0.25, 0.3) is 5.91 Å². The van der Waals surface area contributed by atoms with Crippen LogP contribution in [0.3, 0.4) is 0 Å². The zero-order valence-electron chi connectivity index (χ0n) is 19.6. The van der Waals surface area contributed by atoms with Crippen molar-refractivity contribution < 1.29 is 23.7 Å². The second kappa shape index (κ2) is 13.1. The molecule has 35 heavy (non-hydrogen) atoms. The Bertz CT molecular complexity index is 1200. The number of nitrogens with one attached hydrogen (secondary N) is 1. The quantitative estimate of drug-likeness (QED) is 0.200. The molecule has 0 saturated heterocycles. The molecule has 0 atom stereocenters. The molecule has 0 aliphatic heterocycles. The molecule has 0 radical (unpaired) electrons. The number of methoxy groups -OCH3 is 1. The third-order valence-corrected chi connectivity index (χ3v) is 5.14. The predicted octanol–water partition coefficient (Wildman–Crippen LogP) is 5.66. The Morgan fingerprint density at radius 2 is 1.77 bits per heavy atom. The standard InChI is InChI=1S/C27H27ClN2O5/c1-4-14-34-24-13-11-20(16-26(24)33-5-2)27(31)30-29-17-19-10-12-23(25(15-19)32-3)35-18-21-8-6-7-9-22(21)28/h4,6-13,15-17H,1,5,14,18H2,2-3H3,(H,30,31)/b29-17+. The van der Waals surface area contributed by atoms with Crippen LogP contribution in [0.1, 0.15) is 28.4 Å². The van der Waals surface area contributed by atoms with Gasteiger partial charge in [0, 0.05) is 16.1 Å². The molecule has 0 aromatic heterocycles. The van der Waals surface area contributed by atoms with Crippen LogP contribution >= 0.6 is 11.6 Å². The van der Waals surface area contributed by atoms with Gasteiger partial charge in [-0.15, -0.1) is 0 Å². The van der Waals surface area contributed by atoms with E-state index in [9.17, 15) is 4.79 Å². The lowest BCUT2D eigenvalue weighted by Crippen LogP contribution is -2.17. The SMILES string of the molecule is C=CCOc1ccc(C(=O)N/N=C/c2ccc(OCc3ccccc3Cl)c(OC)c2)cc1OCC. The topological polar surface area (TPSA) is 78.4 Å². The largest absolute Gasteiger partial charge is 0.493 e. The van der Waals surface area contributed by atoms with E-state index in [1.54, 1.807) is 49.6 Å². The molecule has 0 aliphatic rings. The summed E-state index contributed by atoms with van der Waals surface area (Å²) in [5.41, 5.74) is 4.49. The van der Waals surface area contributed by atoms with Crippen molar-refractivity contribution in [1.82, 2.24) is 5.43 Å². The maximum absolute atomic E-state index is 12.5. The lowest BCUT2D eigenvalue weighted by atomic mass is 10.2. The van der Waals surface area contributed by atoms with E-state index in [1.165, 1.54) is 6.21 Å². The van der Waals surface area contributed by atoms with Crippen molar-refractivity contribution in [3.63, 3.8) is 0 Å². The fourth-order valence-electron chi connectivity index (χ4n) is 3.07. The van der Waals surface area contributed by atoms with E-state index in [1.807, 2.05) is 31.2 Å². The van der Waals surface area contributed by atoms with Gasteiger partial charge in [0.2, 0.25) is 0 Å². The van der Waals surface area contributed by atoms with Gasteiger partial charge < -0.3 is 18.9 Å². The molecule has 0 heterocycles. The summed E-state index contributed by atoms with van der Waals surface area (Å²) in [5, 5.41) is 4.69. The van der Waals surface area contributed by atoms with Gasteiger partial charge in [0.1, 0.15) is 13.2 Å². The first-order chi connectivity index (χ1) is 17.0. The third kappa shape index (κ3) is 7.25. The van der Waals surface area contributed by atoms with Gasteiger partial charge in [-0.25, -0.2) is 5.43 Å². The van der Waals surface area contributed by atoms with E-state index in [0.29, 0.717) is 53.4 Å². The highest BCUT2D eigenvalue weighted by Crippen LogP contribution is 2.30. The van der Waals surface area contributed by atoms with Crippen molar-refractivity contribution in [2.24, 2.45) is 5.10 Å². The summed E-state index contributed by atoms with van der Waals surface area (Å²) >= 11 is 6.19. The van der Waals surface area contributed by atoms with Gasteiger partial charge in [-0.05, 0) is 55.0 Å². The number of carbonyl (C=O) groups is 1. The highest BCUT2D eigenvalue weighted by Gasteiger charge is 2.11. The lowest BCUT2D eigenvalue weighted by molar-refractivity contribution is 0.0954. The summed E-state index contributed by atoms with van der Waals surface area (Å²) in [4.78, 5) is 12.5. The van der Waals surface area contributed by atoms with E-state index >= 15 is 0 Å². The van der Waals surface area contributed by atoms with Crippen molar-refractivity contribution >= 4 is 23.7 Å². The monoisotopic (exact) mass is 494 g/mol. The molecule has 1 N–H and O–H groups in total. The maximum atomic E-state index is 12.5. The van der Waals surface area contributed by atoms with Crippen LogP contribution in [0.15, 0.2) is 78.4 Å². The van der Waals surface area contributed by atoms with Crippen LogP contribution in [0.2, 0.25) is 5.02 Å². The normalized spacial score (nSPS) is 10.6. The summed E-state index contributed by atoms with van der Waals surface area (Å²) in [5.74, 6) is 1.72. The molecule has 1 amide bonds. The zero-order chi connectivity index (χ0) is 25.0. The number of benzene rings is 3. The first kappa shape index (κ1) is 25.6. The Kier molecular flexibility index (Phi) is 9.57. The van der Waals surface area contributed by atoms with Crippen molar-refractivity contribution in [3.05, 3.63) is 95.0 Å². The van der Waals surface area contributed by atoms with Crippen LogP contribution in [0, 0.1) is 0 Å². The van der Waals surface area contributed by atoms with Crippen LogP contribution in [0.25, 0.3) is 0 Å². The number of nitrogens with zero attached hydrogens (tertiary/aromatic N) is 1. The molecule has 0 spiro atoms. The Hall–Kier alpha value is -3.97. The summed E-state index contributed by atoms with van der Waals surface area (Å²) in [6, 6.07) is 17.8. The highest BCUT2D eigenvalue weighted by molar-refractivity contribution is 6.31. The number of hydrogen-bond donors (Lipinski definition) is 1. The van der Waals surface area contributed by atoms with Crippen LogP contribution in [-0.4, -0.2) is 32.4 Å². The molecule has 0 unspecified atom stereocenters. The fraction of sp³-hybridized carbons (Fsp3) is 0.185. The average molecular weight is 495 g/mol. The maximum Gasteiger partial charge on any atom is 0.271 e. The number of ether oxygens (including phenoxy) is 4. The molecule has 8 heteroatoms. The first-order valence-corrected chi connectivity index (χ1v) is 11.3. The number of halogens is 1. The number of carbonyl (C=O) groups excluding carboxylic acids is 1. The van der Waals surface area contributed by atoms with Crippen LogP contribution in [0.4, 0.5) is 0 Å². The molecule has 7 nitrogen and oxygen atoms in total. The van der Waals surface area contributed by atoms with Gasteiger partial charge in [-0.2, -0.15) is 5.10 Å². The molecule has 0 fully saturated rings. The first-order valence-electron chi connectivity index (χ1n) is 10.9. The number of hydrazone groups is 1. The summed E-state index contributed by atoms with van der Waals surface area (Å²) < 4.78 is 22.4. The highest BCUT2D eigenvalue weighted by atomic mass is 35.5. The van der Waals surface area contributed by atoms with Crippen LogP contribution < -0.4 is 24.4 Å². The van der Waals surface area contributed by atoms with Gasteiger partial charge in [0.15, 0.2) is 23.0 Å². The molecule has 3 aromatic rings. The number of amides is 1. The summed E-state index contributed by atoms with van der Waals surface area (Å²) in [7, 11) is 1.55. The minimum absolute atomic E-state index is 0.306. The molecule has 182 valence electrons. The Labute approximate surface area is 209 Å². The summed E-state index contributed by atoms with van der Waals surface area (Å²) in [6.45, 7) is 6.57. The van der Waals surface area contributed by atoms with E-state index in [-0.39, 0.29) is 5.91 Å². The molecular formula is C27H27ClN2O5. The minimum Gasteiger partial charge on any atom is -0.493 e. The lowest BCUT2D eigenvalue weighted by Gasteiger charge is -2.12. The molecule has 3 aromatic carbocycles. The van der Waals surface area contributed by atoms with Gasteiger partial charge in [-0.3, -0.25) is 4.79 Å². The predicted molar refractivity (Wildman–Crippen MR) is 137 cm³/mol. The van der Waals surface area contributed by atoms with Crippen LogP contribution in [-0.2, 0) is 6.61 Å². The van der Waals surface area contributed by atoms with E-state index < -0.39 is 0 Å². The second-order valence-electron chi connectivity index (χ2n) is 7.18. The van der Waals surface area contributed by atoms with Gasteiger partial charge >= 0.3 is 0 Å². The van der Waals surface area contributed by atoms with Crippen molar-refractivity contribution in [2.45, 2.75) is 13.5 Å². The minimum atomic E-state index is -0.385. The average Bonchev–Trinajstić information content (AvgIpc) is 2.88. The Balaban J connectivity index is 1.64. The van der Waals surface area contributed by atoms with Crippen molar-refractivity contribution in [1.29, 1.82) is 0 Å². The van der Waals surface area contributed by atoms with Crippen molar-refractivity contribution in [2.75, 3.05) is 20.3 Å². The number of hydrogen-bond acceptors (Lipinski definition) is 6. The smallest absolute Gasteiger partial charge is 0.271 e. The molecular weight excluding hydrogens is 468 g/mol.